The maximum absolute atomic E-state index is 10.9. The first kappa shape index (κ1) is 12.4. The van der Waals surface area contributed by atoms with Gasteiger partial charge in [-0.3, -0.25) is 14.9 Å². The number of carbonyl (C=O) groups is 1. The van der Waals surface area contributed by atoms with Crippen molar-refractivity contribution in [2.24, 2.45) is 5.73 Å². The van der Waals surface area contributed by atoms with Crippen molar-refractivity contribution in [3.8, 4) is 0 Å². The fourth-order valence-corrected chi connectivity index (χ4v) is 1.67. The molecule has 0 heterocycles. The van der Waals surface area contributed by atoms with Crippen LogP contribution in [0.5, 0.6) is 0 Å². The summed E-state index contributed by atoms with van der Waals surface area (Å²) in [5.41, 5.74) is 4.90. The van der Waals surface area contributed by atoms with Gasteiger partial charge < -0.3 is 10.8 Å². The molecule has 1 aromatic rings. The highest BCUT2D eigenvalue weighted by Crippen LogP contribution is 2.32. The van der Waals surface area contributed by atoms with Crippen molar-refractivity contribution in [2.75, 3.05) is 6.54 Å². The first-order valence-electron chi connectivity index (χ1n) is 4.34. The van der Waals surface area contributed by atoms with Gasteiger partial charge in [0.25, 0.3) is 5.69 Å². The lowest BCUT2D eigenvalue weighted by Gasteiger charge is -2.11. The van der Waals surface area contributed by atoms with E-state index < -0.39 is 16.8 Å². The van der Waals surface area contributed by atoms with Gasteiger partial charge in [0.2, 0.25) is 0 Å². The van der Waals surface area contributed by atoms with Gasteiger partial charge in [-0.05, 0) is 6.07 Å². The van der Waals surface area contributed by atoms with Gasteiger partial charge >= 0.3 is 5.97 Å². The summed E-state index contributed by atoms with van der Waals surface area (Å²) in [6, 6.07) is 3.99. The quantitative estimate of drug-likeness (QED) is 0.615. The molecule has 0 aromatic heterocycles. The van der Waals surface area contributed by atoms with Gasteiger partial charge in [0.15, 0.2) is 0 Å². The number of nitro groups is 1. The lowest BCUT2D eigenvalue weighted by Crippen LogP contribution is -2.22. The standard InChI is InChI=1S/C9H9ClN2O4/c10-6-2-1-3-7(12(15)16)8(6)5(4-11)9(13)14/h1-3,5H,4,11H2,(H,13,14). The minimum atomic E-state index is -1.24. The molecule has 0 saturated heterocycles. The van der Waals surface area contributed by atoms with Crippen molar-refractivity contribution >= 4 is 23.3 Å². The van der Waals surface area contributed by atoms with E-state index >= 15 is 0 Å². The number of nitrogens with zero attached hydrogens (tertiary/aromatic N) is 1. The normalized spacial score (nSPS) is 12.1. The van der Waals surface area contributed by atoms with Crippen LogP contribution in [0, 0.1) is 10.1 Å². The van der Waals surface area contributed by atoms with E-state index in [1.165, 1.54) is 18.2 Å². The minimum absolute atomic E-state index is 0.0343. The Kier molecular flexibility index (Phi) is 3.81. The highest BCUT2D eigenvalue weighted by Gasteiger charge is 2.28. The molecule has 1 aromatic carbocycles. The zero-order valence-corrected chi connectivity index (χ0v) is 8.85. The second-order valence-electron chi connectivity index (χ2n) is 3.06. The Balaban J connectivity index is 3.39. The third-order valence-electron chi connectivity index (χ3n) is 2.11. The topological polar surface area (TPSA) is 106 Å². The number of halogens is 1. The SMILES string of the molecule is NCC(C(=O)O)c1c(Cl)cccc1[N+](=O)[O-]. The maximum Gasteiger partial charge on any atom is 0.312 e. The molecule has 1 rings (SSSR count). The number of carboxylic acids is 1. The van der Waals surface area contributed by atoms with Crippen LogP contribution >= 0.6 is 11.6 Å². The number of hydrogen-bond donors (Lipinski definition) is 2. The maximum atomic E-state index is 10.9. The summed E-state index contributed by atoms with van der Waals surface area (Å²) < 4.78 is 0. The molecule has 6 nitrogen and oxygen atoms in total. The summed E-state index contributed by atoms with van der Waals surface area (Å²) >= 11 is 5.77. The Morgan fingerprint density at radius 2 is 2.25 bits per heavy atom. The first-order valence-corrected chi connectivity index (χ1v) is 4.72. The molecular formula is C9H9ClN2O4. The number of nitro benzene ring substituents is 1. The highest BCUT2D eigenvalue weighted by atomic mass is 35.5. The van der Waals surface area contributed by atoms with Crippen LogP contribution in [-0.4, -0.2) is 22.5 Å². The average Bonchev–Trinajstić information content (AvgIpc) is 2.20. The van der Waals surface area contributed by atoms with Gasteiger partial charge in [0.05, 0.1) is 15.5 Å². The van der Waals surface area contributed by atoms with E-state index in [9.17, 15) is 14.9 Å². The van der Waals surface area contributed by atoms with E-state index in [1.807, 2.05) is 0 Å². The summed E-state index contributed by atoms with van der Waals surface area (Å²) in [7, 11) is 0. The van der Waals surface area contributed by atoms with Gasteiger partial charge in [-0.2, -0.15) is 0 Å². The number of rotatable bonds is 4. The molecule has 7 heteroatoms. The Morgan fingerprint density at radius 3 is 2.69 bits per heavy atom. The lowest BCUT2D eigenvalue weighted by atomic mass is 9.97. The number of hydrogen-bond acceptors (Lipinski definition) is 4. The van der Waals surface area contributed by atoms with Crippen LogP contribution in [0.15, 0.2) is 18.2 Å². The molecule has 16 heavy (non-hydrogen) atoms. The smallest absolute Gasteiger partial charge is 0.312 e. The lowest BCUT2D eigenvalue weighted by molar-refractivity contribution is -0.385. The molecule has 0 aliphatic heterocycles. The third-order valence-corrected chi connectivity index (χ3v) is 2.44. The summed E-state index contributed by atoms with van der Waals surface area (Å²) in [5, 5.41) is 19.7. The van der Waals surface area contributed by atoms with E-state index in [0.717, 1.165) is 0 Å². The van der Waals surface area contributed by atoms with E-state index in [4.69, 9.17) is 22.4 Å². The summed E-state index contributed by atoms with van der Waals surface area (Å²) in [6.07, 6.45) is 0. The summed E-state index contributed by atoms with van der Waals surface area (Å²) in [4.78, 5) is 21.0. The molecule has 0 aliphatic rings. The largest absolute Gasteiger partial charge is 0.481 e. The monoisotopic (exact) mass is 244 g/mol. The Bertz CT molecular complexity index is 436. The van der Waals surface area contributed by atoms with Crippen LogP contribution in [0.25, 0.3) is 0 Å². The van der Waals surface area contributed by atoms with E-state index in [2.05, 4.69) is 0 Å². The molecule has 0 fully saturated rings. The molecule has 0 radical (unpaired) electrons. The van der Waals surface area contributed by atoms with Crippen LogP contribution < -0.4 is 5.73 Å². The van der Waals surface area contributed by atoms with Crippen molar-refractivity contribution in [1.82, 2.24) is 0 Å². The van der Waals surface area contributed by atoms with Gasteiger partial charge in [-0.25, -0.2) is 0 Å². The second kappa shape index (κ2) is 4.91. The number of carboxylic acid groups (broad SMARTS) is 1. The third kappa shape index (κ3) is 2.29. The number of nitrogens with two attached hydrogens (primary N) is 1. The molecule has 0 aliphatic carbocycles. The fourth-order valence-electron chi connectivity index (χ4n) is 1.37. The molecule has 1 unspecified atom stereocenters. The molecule has 0 amide bonds. The van der Waals surface area contributed by atoms with Gasteiger partial charge in [0.1, 0.15) is 5.92 Å². The molecule has 0 saturated carbocycles. The molecule has 0 spiro atoms. The van der Waals surface area contributed by atoms with Crippen molar-refractivity contribution in [3.63, 3.8) is 0 Å². The predicted molar refractivity (Wildman–Crippen MR) is 57.5 cm³/mol. The van der Waals surface area contributed by atoms with Crippen LogP contribution in [0.3, 0.4) is 0 Å². The van der Waals surface area contributed by atoms with Crippen molar-refractivity contribution in [2.45, 2.75) is 5.92 Å². The molecule has 3 N–H and O–H groups in total. The highest BCUT2D eigenvalue weighted by molar-refractivity contribution is 6.32. The summed E-state index contributed by atoms with van der Waals surface area (Å²) in [5.74, 6) is -2.41. The molecule has 86 valence electrons. The van der Waals surface area contributed by atoms with Gasteiger partial charge in [-0.1, -0.05) is 17.7 Å². The minimum Gasteiger partial charge on any atom is -0.481 e. The summed E-state index contributed by atoms with van der Waals surface area (Å²) in [6.45, 7) is -0.250. The second-order valence-corrected chi connectivity index (χ2v) is 3.46. The van der Waals surface area contributed by atoms with Crippen LogP contribution in [0.1, 0.15) is 11.5 Å². The fraction of sp³-hybridized carbons (Fsp3) is 0.222. The Morgan fingerprint density at radius 1 is 1.62 bits per heavy atom. The Hall–Kier alpha value is -1.66. The van der Waals surface area contributed by atoms with Crippen molar-refractivity contribution in [1.29, 1.82) is 0 Å². The average molecular weight is 245 g/mol. The van der Waals surface area contributed by atoms with E-state index in [0.29, 0.717) is 0 Å². The number of benzene rings is 1. The van der Waals surface area contributed by atoms with Gasteiger partial charge in [0, 0.05) is 12.6 Å². The zero-order valence-electron chi connectivity index (χ0n) is 8.09. The van der Waals surface area contributed by atoms with Crippen LogP contribution in [0.2, 0.25) is 5.02 Å². The molecule has 1 atom stereocenters. The van der Waals surface area contributed by atoms with Gasteiger partial charge in [-0.15, -0.1) is 0 Å². The van der Waals surface area contributed by atoms with Crippen LogP contribution in [-0.2, 0) is 4.79 Å². The first-order chi connectivity index (χ1) is 7.49. The van der Waals surface area contributed by atoms with Crippen molar-refractivity contribution < 1.29 is 14.8 Å². The van der Waals surface area contributed by atoms with Crippen molar-refractivity contribution in [3.05, 3.63) is 38.9 Å². The Labute approximate surface area is 95.8 Å². The molecule has 0 bridgehead atoms. The predicted octanol–water partition coefficient (Wildman–Crippen LogP) is 1.38. The van der Waals surface area contributed by atoms with Crippen LogP contribution in [0.4, 0.5) is 5.69 Å². The molecular weight excluding hydrogens is 236 g/mol. The van der Waals surface area contributed by atoms with E-state index in [-0.39, 0.29) is 22.8 Å². The van der Waals surface area contributed by atoms with E-state index in [1.54, 1.807) is 0 Å². The number of aliphatic carboxylic acids is 1. The zero-order chi connectivity index (χ0) is 12.3.